The predicted molar refractivity (Wildman–Crippen MR) is 242 cm³/mol. The maximum absolute atomic E-state index is 11.7. The molecule has 14 heteroatoms. The van der Waals surface area contributed by atoms with E-state index >= 15 is 0 Å². The highest BCUT2D eigenvalue weighted by Gasteiger charge is 2.03. The van der Waals surface area contributed by atoms with Crippen molar-refractivity contribution in [3.8, 4) is 5.75 Å². The highest BCUT2D eigenvalue weighted by Crippen LogP contribution is 2.15. The number of rotatable bonds is 52. The van der Waals surface area contributed by atoms with Gasteiger partial charge in [-0.1, -0.05) is 96.6 Å². The van der Waals surface area contributed by atoms with E-state index in [1.165, 1.54) is 76.2 Å². The Kier molecular flexibility index (Phi) is 46.9. The molecule has 0 aliphatic rings. The fourth-order valence-electron chi connectivity index (χ4n) is 5.89. The van der Waals surface area contributed by atoms with E-state index in [0.717, 1.165) is 25.0 Å². The molecule has 0 aliphatic heterocycles. The summed E-state index contributed by atoms with van der Waals surface area (Å²) in [6.45, 7) is 16.1. The van der Waals surface area contributed by atoms with E-state index in [2.05, 4.69) is 38.1 Å². The summed E-state index contributed by atoms with van der Waals surface area (Å²) >= 11 is 0. The molecule has 0 heterocycles. The highest BCUT2D eigenvalue weighted by atomic mass is 16.6. The van der Waals surface area contributed by atoms with E-state index in [4.69, 9.17) is 61.6 Å². The van der Waals surface area contributed by atoms with Crippen LogP contribution in [0.15, 0.2) is 24.3 Å². The molecule has 0 unspecified atom stereocenters. The third-order valence-electron chi connectivity index (χ3n) is 9.43. The van der Waals surface area contributed by atoms with Crippen LogP contribution in [0, 0.1) is 0 Å². The van der Waals surface area contributed by atoms with Crippen LogP contribution in [0.5, 0.6) is 5.75 Å². The molecule has 0 aromatic heterocycles. The second-order valence-electron chi connectivity index (χ2n) is 14.8. The van der Waals surface area contributed by atoms with Crippen molar-refractivity contribution in [3.05, 3.63) is 29.8 Å². The molecule has 0 amide bonds. The van der Waals surface area contributed by atoms with Crippen molar-refractivity contribution in [3.63, 3.8) is 0 Å². The molecule has 14 nitrogen and oxygen atoms in total. The van der Waals surface area contributed by atoms with Gasteiger partial charge in [-0.15, -0.1) is 0 Å². The molecule has 1 aromatic carbocycles. The number of esters is 1. The Labute approximate surface area is 375 Å². The normalized spacial score (nSPS) is 11.5. The summed E-state index contributed by atoms with van der Waals surface area (Å²) in [6.07, 6.45) is 17.9. The molecule has 0 bridgehead atoms. The van der Waals surface area contributed by atoms with E-state index in [0.29, 0.717) is 158 Å². The van der Waals surface area contributed by atoms with Gasteiger partial charge in [0.25, 0.3) is 0 Å². The highest BCUT2D eigenvalue weighted by molar-refractivity contribution is 5.69. The van der Waals surface area contributed by atoms with E-state index in [-0.39, 0.29) is 12.6 Å². The zero-order valence-corrected chi connectivity index (χ0v) is 39.1. The van der Waals surface area contributed by atoms with Crippen molar-refractivity contribution < 1.29 is 66.4 Å². The maximum Gasteiger partial charge on any atom is 0.305 e. The molecule has 0 radical (unpaired) electrons. The number of benzene rings is 1. The average molecular weight is 889 g/mol. The van der Waals surface area contributed by atoms with Gasteiger partial charge in [0.2, 0.25) is 0 Å². The Morgan fingerprint density at radius 3 is 0.984 bits per heavy atom. The van der Waals surface area contributed by atoms with Crippen molar-refractivity contribution in [2.45, 2.75) is 110 Å². The Hall–Kier alpha value is -1.95. The maximum atomic E-state index is 11.7. The van der Waals surface area contributed by atoms with Gasteiger partial charge >= 0.3 is 5.97 Å². The third-order valence-corrected chi connectivity index (χ3v) is 9.43. The van der Waals surface area contributed by atoms with Crippen LogP contribution in [0.25, 0.3) is 0 Å². The Balaban J connectivity index is 1.66. The van der Waals surface area contributed by atoms with Crippen LogP contribution < -0.4 is 4.74 Å². The molecule has 0 spiro atoms. The summed E-state index contributed by atoms with van der Waals surface area (Å²) in [5, 5.41) is 0. The smallest absolute Gasteiger partial charge is 0.305 e. The summed E-state index contributed by atoms with van der Waals surface area (Å²) in [5.41, 5.74) is 1.38. The molecule has 1 rings (SSSR count). The van der Waals surface area contributed by atoms with Crippen LogP contribution in [0.3, 0.4) is 0 Å². The molecule has 62 heavy (non-hydrogen) atoms. The summed E-state index contributed by atoms with van der Waals surface area (Å²) in [5.74, 6) is 0.740. The first-order valence-corrected chi connectivity index (χ1v) is 24.0. The predicted octanol–water partition coefficient (Wildman–Crippen LogP) is 7.83. The molecular formula is C48H88O14. The number of ether oxygens (including phenoxy) is 13. The van der Waals surface area contributed by atoms with Crippen LogP contribution in [-0.2, 0) is 68.1 Å². The number of unbranched alkanes of at least 4 members (excludes halogenated alkanes) is 11. The molecule has 0 aliphatic carbocycles. The van der Waals surface area contributed by atoms with Gasteiger partial charge in [-0.3, -0.25) is 4.79 Å². The fraction of sp³-hybridized carbons (Fsp3) is 0.854. The molecule has 0 atom stereocenters. The molecule has 364 valence electrons. The van der Waals surface area contributed by atoms with Gasteiger partial charge in [-0.05, 0) is 37.0 Å². The Morgan fingerprint density at radius 2 is 0.629 bits per heavy atom. The topological polar surface area (TPSA) is 137 Å². The quantitative estimate of drug-likeness (QED) is 0.0464. The number of aryl methyl sites for hydroxylation is 1. The number of carbonyl (C=O) groups excluding carboxylic acids is 1. The number of hydrogen-bond acceptors (Lipinski definition) is 14. The van der Waals surface area contributed by atoms with Gasteiger partial charge in [0.05, 0.1) is 145 Å². The van der Waals surface area contributed by atoms with Crippen molar-refractivity contribution in [1.29, 1.82) is 0 Å². The Morgan fingerprint density at radius 1 is 0.339 bits per heavy atom. The van der Waals surface area contributed by atoms with Gasteiger partial charge in [0, 0.05) is 6.42 Å². The first-order valence-electron chi connectivity index (χ1n) is 24.0. The van der Waals surface area contributed by atoms with E-state index in [1.54, 1.807) is 0 Å². The molecule has 0 saturated heterocycles. The molecule has 0 saturated carbocycles. The lowest BCUT2D eigenvalue weighted by atomic mass is 10.0. The monoisotopic (exact) mass is 889 g/mol. The van der Waals surface area contributed by atoms with Crippen LogP contribution in [0.4, 0.5) is 0 Å². The Bertz CT molecular complexity index is 1020. The molecule has 0 fully saturated rings. The van der Waals surface area contributed by atoms with E-state index in [9.17, 15) is 4.79 Å². The van der Waals surface area contributed by atoms with Crippen LogP contribution in [-0.4, -0.2) is 165 Å². The fourth-order valence-corrected chi connectivity index (χ4v) is 5.89. The van der Waals surface area contributed by atoms with E-state index in [1.807, 2.05) is 0 Å². The van der Waals surface area contributed by atoms with Crippen molar-refractivity contribution in [2.75, 3.05) is 159 Å². The lowest BCUT2D eigenvalue weighted by Gasteiger charge is -2.09. The SMILES string of the molecule is CCCCCCCCCc1ccc(OCCOCCOCCOCCOCCOCCOCCOCCOCCOCCOCCOCCOC(=O)CCCCCCCC)cc1. The van der Waals surface area contributed by atoms with Crippen LogP contribution in [0.2, 0.25) is 0 Å². The number of hydrogen-bond donors (Lipinski definition) is 0. The molecule has 0 N–H and O–H groups in total. The number of carbonyl (C=O) groups is 1. The summed E-state index contributed by atoms with van der Waals surface area (Å²) in [6, 6.07) is 8.45. The van der Waals surface area contributed by atoms with Gasteiger partial charge in [-0.25, -0.2) is 0 Å². The molecule has 1 aromatic rings. The lowest BCUT2D eigenvalue weighted by Crippen LogP contribution is -2.16. The van der Waals surface area contributed by atoms with Crippen molar-refractivity contribution in [1.82, 2.24) is 0 Å². The summed E-state index contributed by atoms with van der Waals surface area (Å²) in [4.78, 5) is 11.7. The van der Waals surface area contributed by atoms with Gasteiger partial charge in [0.15, 0.2) is 0 Å². The van der Waals surface area contributed by atoms with Crippen LogP contribution >= 0.6 is 0 Å². The van der Waals surface area contributed by atoms with Gasteiger partial charge < -0.3 is 61.6 Å². The molecular weight excluding hydrogens is 801 g/mol. The zero-order valence-electron chi connectivity index (χ0n) is 39.1. The summed E-state index contributed by atoms with van der Waals surface area (Å²) in [7, 11) is 0. The zero-order chi connectivity index (χ0) is 44.3. The average Bonchev–Trinajstić information content (AvgIpc) is 3.28. The lowest BCUT2D eigenvalue weighted by molar-refractivity contribution is -0.145. The van der Waals surface area contributed by atoms with Crippen LogP contribution in [0.1, 0.15) is 109 Å². The second-order valence-corrected chi connectivity index (χ2v) is 14.8. The third kappa shape index (κ3) is 44.6. The summed E-state index contributed by atoms with van der Waals surface area (Å²) < 4.78 is 71.7. The first kappa shape index (κ1) is 58.1. The van der Waals surface area contributed by atoms with Crippen molar-refractivity contribution in [2.24, 2.45) is 0 Å². The van der Waals surface area contributed by atoms with E-state index < -0.39 is 0 Å². The standard InChI is InChI=1S/C48H88O14/c1-3-5-7-9-11-12-14-16-46-18-20-47(21-19-46)61-44-42-59-40-38-57-36-34-55-32-30-53-28-26-51-24-22-50-23-25-52-27-29-54-31-33-56-35-37-58-39-41-60-43-45-62-48(49)17-15-13-10-8-6-4-2/h18-21H,3-17,22-45H2,1-2H3. The van der Waals surface area contributed by atoms with Gasteiger partial charge in [-0.2, -0.15) is 0 Å². The van der Waals surface area contributed by atoms with Crippen molar-refractivity contribution >= 4 is 5.97 Å². The minimum absolute atomic E-state index is 0.144. The minimum atomic E-state index is -0.144. The van der Waals surface area contributed by atoms with Gasteiger partial charge in [0.1, 0.15) is 19.0 Å². The largest absolute Gasteiger partial charge is 0.491 e. The first-order chi connectivity index (χ1) is 30.8. The minimum Gasteiger partial charge on any atom is -0.491 e. The second kappa shape index (κ2) is 50.1.